The second-order valence-corrected chi connectivity index (χ2v) is 8.77. The number of nitrogens with two attached hydrogens (primary N) is 1. The number of aromatic amines is 1. The van der Waals surface area contributed by atoms with Crippen molar-refractivity contribution in [3.05, 3.63) is 37.3 Å². The Morgan fingerprint density at radius 1 is 1.44 bits per heavy atom. The number of hydrogen-bond donors (Lipinski definition) is 6. The topological polar surface area (TPSA) is 188 Å². The molecule has 0 bridgehead atoms. The molecule has 12 heteroatoms. The lowest BCUT2D eigenvalue weighted by molar-refractivity contribution is -0.140. The Bertz CT molecular complexity index is 1150. The van der Waals surface area contributed by atoms with Crippen molar-refractivity contribution >= 4 is 40.9 Å². The normalized spacial score (nSPS) is 16.4. The Balaban J connectivity index is 1.66. The van der Waals surface area contributed by atoms with Crippen LogP contribution < -0.4 is 21.9 Å². The van der Waals surface area contributed by atoms with Crippen LogP contribution in [0.5, 0.6) is 0 Å². The zero-order chi connectivity index (χ0) is 24.3. The van der Waals surface area contributed by atoms with Gasteiger partial charge in [0.2, 0.25) is 5.95 Å². The van der Waals surface area contributed by atoms with E-state index in [1.165, 1.54) is 0 Å². The number of fused-ring (bicyclic) bond motifs is 1. The Hall–Kier alpha value is -3.41. The first-order valence-electron chi connectivity index (χ1n) is 10.5. The molecule has 172 valence electrons. The summed E-state index contributed by atoms with van der Waals surface area (Å²) in [6, 6.07) is -1.33. The lowest BCUT2D eigenvalue weighted by atomic mass is 9.92. The summed E-state index contributed by atoms with van der Waals surface area (Å²) < 4.78 is 8.27. The summed E-state index contributed by atoms with van der Waals surface area (Å²) in [7, 11) is 0. The number of hydrogen-bond acceptors (Lipinski definition) is 8. The van der Waals surface area contributed by atoms with Crippen molar-refractivity contribution in [1.29, 1.82) is 0 Å². The van der Waals surface area contributed by atoms with E-state index in [0.717, 1.165) is 16.2 Å². The molecule has 0 aromatic carbocycles. The number of aromatic nitrogens is 2. The third-order valence-corrected chi connectivity index (χ3v) is 6.51. The van der Waals surface area contributed by atoms with E-state index in [1.807, 2.05) is 0 Å². The van der Waals surface area contributed by atoms with Crippen molar-refractivity contribution in [1.82, 2.24) is 15.3 Å². The molecule has 3 rings (SSSR count). The van der Waals surface area contributed by atoms with E-state index in [9.17, 15) is 24.3 Å². The number of nitrogens with zero attached hydrogens (tertiary/aromatic N) is 1. The number of thiophene rings is 1. The second kappa shape index (κ2) is 9.81. The molecule has 0 saturated carbocycles. The molecule has 3 heterocycles. The number of rotatable bonds is 9. The molecule has 2 aromatic heterocycles. The molecule has 0 fully saturated rings. The highest BCUT2D eigenvalue weighted by molar-refractivity contribution is 7.14. The molecule has 1 aliphatic rings. The van der Waals surface area contributed by atoms with Gasteiger partial charge in [-0.3, -0.25) is 19.4 Å². The number of H-pyrrole nitrogens is 1. The summed E-state index contributed by atoms with van der Waals surface area (Å²) in [6.07, 6.45) is 1.16. The number of carboxylic acid groups (broad SMARTS) is 2. The van der Waals surface area contributed by atoms with Gasteiger partial charge < -0.3 is 26.6 Å². The highest BCUT2D eigenvalue weighted by Gasteiger charge is 2.25. The largest absolute Gasteiger partial charge is 0.481 e. The van der Waals surface area contributed by atoms with Gasteiger partial charge in [-0.1, -0.05) is 0 Å². The number of nitrogen functional groups attached to an aromatic ring is 1. The van der Waals surface area contributed by atoms with Crippen LogP contribution in [0, 0.1) is 12.8 Å². The van der Waals surface area contributed by atoms with Crippen molar-refractivity contribution in [3.8, 4) is 0 Å². The van der Waals surface area contributed by atoms with Crippen molar-refractivity contribution in [2.24, 2.45) is 5.92 Å². The van der Waals surface area contributed by atoms with Gasteiger partial charge in [0.15, 0.2) is 0 Å². The van der Waals surface area contributed by atoms with Crippen LogP contribution in [0.2, 0.25) is 0 Å². The van der Waals surface area contributed by atoms with Gasteiger partial charge in [0.05, 0.1) is 11.8 Å². The summed E-state index contributed by atoms with van der Waals surface area (Å²) in [4.78, 5) is 54.3. The Kier molecular flexibility index (Phi) is 6.69. The van der Waals surface area contributed by atoms with E-state index in [0.29, 0.717) is 42.8 Å². The van der Waals surface area contributed by atoms with Gasteiger partial charge in [-0.2, -0.15) is 4.98 Å². The van der Waals surface area contributed by atoms with Gasteiger partial charge in [-0.05, 0) is 50.1 Å². The zero-order valence-corrected chi connectivity index (χ0v) is 18.2. The smallest absolute Gasteiger partial charge is 0.326 e. The van der Waals surface area contributed by atoms with Gasteiger partial charge in [0, 0.05) is 17.8 Å². The highest BCUT2D eigenvalue weighted by atomic mass is 32.1. The highest BCUT2D eigenvalue weighted by Crippen LogP contribution is 2.28. The van der Waals surface area contributed by atoms with Gasteiger partial charge in [-0.25, -0.2) is 4.79 Å². The molecule has 2 aromatic rings. The third-order valence-electron chi connectivity index (χ3n) is 5.27. The number of carbonyl (C=O) groups is 3. The number of aliphatic carboxylic acids is 2. The predicted octanol–water partition coefficient (Wildman–Crippen LogP) is 0.987. The van der Waals surface area contributed by atoms with E-state index in [1.54, 1.807) is 6.92 Å². The fourth-order valence-electron chi connectivity index (χ4n) is 3.55. The maximum Gasteiger partial charge on any atom is 0.326 e. The second-order valence-electron chi connectivity index (χ2n) is 7.67. The van der Waals surface area contributed by atoms with Crippen LogP contribution in [0.15, 0.2) is 10.8 Å². The maximum absolute atomic E-state index is 12.6. The Labute approximate surface area is 188 Å². The number of nitrogens with one attached hydrogen (secondary N) is 3. The molecule has 0 spiro atoms. The van der Waals surface area contributed by atoms with Gasteiger partial charge >= 0.3 is 11.9 Å². The van der Waals surface area contributed by atoms with E-state index in [2.05, 4.69) is 20.6 Å². The molecule has 1 aliphatic heterocycles. The van der Waals surface area contributed by atoms with Crippen LogP contribution in [0.1, 0.15) is 46.3 Å². The van der Waals surface area contributed by atoms with E-state index in [-0.39, 0.29) is 34.8 Å². The Morgan fingerprint density at radius 2 is 2.19 bits per heavy atom. The molecule has 0 saturated heterocycles. The Morgan fingerprint density at radius 3 is 2.88 bits per heavy atom. The van der Waals surface area contributed by atoms with Crippen LogP contribution in [-0.2, 0) is 22.4 Å². The standard InChI is InChI=1S/C20H25N5O6S/c1-9-6-14(18(29)23-12(19(30)31)3-5-15(26)27)32-13(9)4-2-10-7-11-16(22-8-10)24-20(21)25-17(11)28/h6,10,12H,2-5,7-8H2,1H3,(H,23,29)(H,26,27)(H,30,31)(H4,21,22,24,25,28)/t10-,12-/m0/s1/i6D. The minimum atomic E-state index is -1.35. The monoisotopic (exact) mass is 464 g/mol. The molecular weight excluding hydrogens is 438 g/mol. The third kappa shape index (κ3) is 5.63. The van der Waals surface area contributed by atoms with E-state index in [4.69, 9.17) is 12.2 Å². The minimum Gasteiger partial charge on any atom is -0.481 e. The number of anilines is 2. The number of carbonyl (C=O) groups excluding carboxylic acids is 1. The fourth-order valence-corrected chi connectivity index (χ4v) is 4.57. The van der Waals surface area contributed by atoms with Crippen molar-refractivity contribution in [2.75, 3.05) is 17.6 Å². The number of aryl methyl sites for hydroxylation is 1. The lowest BCUT2D eigenvalue weighted by Gasteiger charge is -2.24. The average Bonchev–Trinajstić information content (AvgIpc) is 3.03. The molecule has 0 radical (unpaired) electrons. The molecule has 0 unspecified atom stereocenters. The first-order valence-corrected chi connectivity index (χ1v) is 10.8. The maximum atomic E-state index is 12.6. The first-order chi connectivity index (χ1) is 15.6. The summed E-state index contributed by atoms with van der Waals surface area (Å²) in [6.45, 7) is 2.34. The van der Waals surface area contributed by atoms with E-state index < -0.39 is 30.3 Å². The van der Waals surface area contributed by atoms with Gasteiger partial charge in [0.1, 0.15) is 11.9 Å². The average molecular weight is 465 g/mol. The van der Waals surface area contributed by atoms with Crippen molar-refractivity contribution in [3.63, 3.8) is 0 Å². The van der Waals surface area contributed by atoms with Crippen LogP contribution >= 0.6 is 11.3 Å². The van der Waals surface area contributed by atoms with Crippen LogP contribution in [0.4, 0.5) is 11.8 Å². The molecule has 2 atom stereocenters. The molecule has 11 nitrogen and oxygen atoms in total. The summed E-state index contributed by atoms with van der Waals surface area (Å²) >= 11 is 1.13. The SMILES string of the molecule is [2H]c1c(C(=O)N[C@@H](CCC(=O)O)C(=O)O)sc(CC[C@@H]2CNc3nc(N)[nH]c(=O)c3C2)c1C. The molecule has 0 aliphatic carbocycles. The number of amides is 1. The van der Waals surface area contributed by atoms with Crippen LogP contribution in [0.3, 0.4) is 0 Å². The number of carboxylic acids is 2. The zero-order valence-electron chi connectivity index (χ0n) is 18.4. The summed E-state index contributed by atoms with van der Waals surface area (Å²) in [5, 5.41) is 23.5. The van der Waals surface area contributed by atoms with Crippen LogP contribution in [0.25, 0.3) is 0 Å². The predicted molar refractivity (Wildman–Crippen MR) is 118 cm³/mol. The summed E-state index contributed by atoms with van der Waals surface area (Å²) in [5.41, 5.74) is 6.48. The fraction of sp³-hybridized carbons (Fsp3) is 0.450. The lowest BCUT2D eigenvalue weighted by Crippen LogP contribution is -2.40. The molecule has 7 N–H and O–H groups in total. The van der Waals surface area contributed by atoms with E-state index >= 15 is 0 Å². The van der Waals surface area contributed by atoms with Crippen molar-refractivity contribution < 1.29 is 26.0 Å². The minimum absolute atomic E-state index is 0.0260. The quantitative estimate of drug-likeness (QED) is 0.314. The summed E-state index contributed by atoms with van der Waals surface area (Å²) in [5.74, 6) is -2.51. The molecular formula is C20H25N5O6S. The van der Waals surface area contributed by atoms with Crippen molar-refractivity contribution in [2.45, 2.75) is 45.1 Å². The molecule has 1 amide bonds. The first kappa shape index (κ1) is 21.8. The van der Waals surface area contributed by atoms with Crippen LogP contribution in [-0.4, -0.2) is 50.6 Å². The molecule has 32 heavy (non-hydrogen) atoms. The van der Waals surface area contributed by atoms with Gasteiger partial charge in [-0.15, -0.1) is 11.3 Å². The van der Waals surface area contributed by atoms with Gasteiger partial charge in [0.25, 0.3) is 11.5 Å².